The molecule has 1 amide bonds. The van der Waals surface area contributed by atoms with E-state index in [1.807, 2.05) is 56.3 Å². The quantitative estimate of drug-likeness (QED) is 0.947. The van der Waals surface area contributed by atoms with E-state index in [0.717, 1.165) is 22.6 Å². The molecule has 1 unspecified atom stereocenters. The van der Waals surface area contributed by atoms with Crippen molar-refractivity contribution in [3.05, 3.63) is 59.2 Å². The normalized spacial score (nSPS) is 16.2. The average molecular weight is 297 g/mol. The Morgan fingerprint density at radius 3 is 2.73 bits per heavy atom. The summed E-state index contributed by atoms with van der Waals surface area (Å²) in [5.74, 6) is 1.39. The van der Waals surface area contributed by atoms with Gasteiger partial charge in [-0.15, -0.1) is 0 Å². The number of benzene rings is 2. The van der Waals surface area contributed by atoms with E-state index in [-0.39, 0.29) is 12.0 Å². The number of carbonyl (C=O) groups is 1. The van der Waals surface area contributed by atoms with Gasteiger partial charge in [0.05, 0.1) is 6.54 Å². The van der Waals surface area contributed by atoms with Crippen LogP contribution in [-0.4, -0.2) is 25.2 Å². The molecule has 0 fully saturated rings. The summed E-state index contributed by atoms with van der Waals surface area (Å²) in [6.45, 7) is 4.81. The monoisotopic (exact) mass is 297 g/mol. The fourth-order valence-electron chi connectivity index (χ4n) is 2.46. The highest BCUT2D eigenvalue weighted by Crippen LogP contribution is 2.30. The molecule has 0 spiro atoms. The van der Waals surface area contributed by atoms with E-state index in [1.165, 1.54) is 0 Å². The number of fused-ring (bicyclic) bond motifs is 1. The first-order chi connectivity index (χ1) is 10.6. The minimum absolute atomic E-state index is 0.0799. The second-order valence-electron chi connectivity index (χ2n) is 5.46. The summed E-state index contributed by atoms with van der Waals surface area (Å²) < 4.78 is 11.5. The number of rotatable bonds is 3. The smallest absolute Gasteiger partial charge is 0.251 e. The lowest BCUT2D eigenvalue weighted by atomic mass is 10.0. The molecule has 1 atom stereocenters. The van der Waals surface area contributed by atoms with Crippen LogP contribution >= 0.6 is 0 Å². The number of aryl methyl sites for hydroxylation is 1. The molecule has 0 saturated heterocycles. The van der Waals surface area contributed by atoms with Gasteiger partial charge in [0, 0.05) is 5.56 Å². The van der Waals surface area contributed by atoms with Gasteiger partial charge >= 0.3 is 0 Å². The van der Waals surface area contributed by atoms with Crippen LogP contribution in [0, 0.1) is 13.8 Å². The lowest BCUT2D eigenvalue weighted by Gasteiger charge is -2.26. The van der Waals surface area contributed by atoms with Gasteiger partial charge in [0.1, 0.15) is 12.7 Å². The fourth-order valence-corrected chi connectivity index (χ4v) is 2.46. The third-order valence-corrected chi connectivity index (χ3v) is 3.91. The highest BCUT2D eigenvalue weighted by molar-refractivity contribution is 5.95. The third-order valence-electron chi connectivity index (χ3n) is 3.91. The average Bonchev–Trinajstić information content (AvgIpc) is 2.55. The van der Waals surface area contributed by atoms with Crippen molar-refractivity contribution in [3.8, 4) is 11.5 Å². The van der Waals surface area contributed by atoms with Crippen LogP contribution in [0.1, 0.15) is 21.5 Å². The van der Waals surface area contributed by atoms with Crippen LogP contribution < -0.4 is 14.8 Å². The van der Waals surface area contributed by atoms with Gasteiger partial charge in [0.15, 0.2) is 11.5 Å². The summed E-state index contributed by atoms with van der Waals surface area (Å²) in [6, 6.07) is 13.3. The molecule has 2 aromatic rings. The van der Waals surface area contributed by atoms with Gasteiger partial charge in [-0.1, -0.05) is 24.3 Å². The Labute approximate surface area is 130 Å². The van der Waals surface area contributed by atoms with Gasteiger partial charge in [-0.2, -0.15) is 0 Å². The van der Waals surface area contributed by atoms with Crippen LogP contribution in [0.15, 0.2) is 42.5 Å². The maximum Gasteiger partial charge on any atom is 0.251 e. The molecule has 3 rings (SSSR count). The second kappa shape index (κ2) is 6.10. The highest BCUT2D eigenvalue weighted by Gasteiger charge is 2.21. The van der Waals surface area contributed by atoms with Crippen molar-refractivity contribution in [3.63, 3.8) is 0 Å². The Bertz CT molecular complexity index is 696. The lowest BCUT2D eigenvalue weighted by Crippen LogP contribution is -2.40. The molecule has 0 aromatic heterocycles. The van der Waals surface area contributed by atoms with E-state index in [2.05, 4.69) is 5.32 Å². The molecule has 0 saturated carbocycles. The SMILES string of the molecule is Cc1cccc(C(=O)NCC2COc3ccccc3O2)c1C. The maximum atomic E-state index is 12.3. The number of para-hydroxylation sites is 2. The van der Waals surface area contributed by atoms with Gasteiger partial charge in [-0.3, -0.25) is 4.79 Å². The molecule has 4 heteroatoms. The van der Waals surface area contributed by atoms with Crippen molar-refractivity contribution in [2.24, 2.45) is 0 Å². The maximum absolute atomic E-state index is 12.3. The summed E-state index contributed by atoms with van der Waals surface area (Å²) >= 11 is 0. The highest BCUT2D eigenvalue weighted by atomic mass is 16.6. The van der Waals surface area contributed by atoms with Crippen molar-refractivity contribution >= 4 is 5.91 Å². The number of carbonyl (C=O) groups excluding carboxylic acids is 1. The van der Waals surface area contributed by atoms with Gasteiger partial charge in [0.25, 0.3) is 5.91 Å². The molecule has 0 radical (unpaired) electrons. The Morgan fingerprint density at radius 2 is 1.91 bits per heavy atom. The van der Waals surface area contributed by atoms with Crippen molar-refractivity contribution in [2.75, 3.05) is 13.2 Å². The first kappa shape index (κ1) is 14.4. The molecule has 4 nitrogen and oxygen atoms in total. The minimum Gasteiger partial charge on any atom is -0.486 e. The molecular weight excluding hydrogens is 278 g/mol. The molecule has 2 aromatic carbocycles. The van der Waals surface area contributed by atoms with Gasteiger partial charge in [-0.25, -0.2) is 0 Å². The minimum atomic E-state index is -0.177. The lowest BCUT2D eigenvalue weighted by molar-refractivity contribution is 0.0789. The zero-order valence-corrected chi connectivity index (χ0v) is 12.8. The first-order valence-electron chi connectivity index (χ1n) is 7.38. The summed E-state index contributed by atoms with van der Waals surface area (Å²) in [4.78, 5) is 12.3. The summed E-state index contributed by atoms with van der Waals surface area (Å²) in [6.07, 6.45) is -0.177. The Kier molecular flexibility index (Phi) is 4.00. The predicted octanol–water partition coefficient (Wildman–Crippen LogP) is 2.87. The van der Waals surface area contributed by atoms with E-state index < -0.39 is 0 Å². The fraction of sp³-hybridized carbons (Fsp3) is 0.278. The molecule has 22 heavy (non-hydrogen) atoms. The largest absolute Gasteiger partial charge is 0.486 e. The zero-order chi connectivity index (χ0) is 15.5. The molecule has 1 N–H and O–H groups in total. The molecule has 0 aliphatic carbocycles. The van der Waals surface area contributed by atoms with E-state index >= 15 is 0 Å². The van der Waals surface area contributed by atoms with Crippen molar-refractivity contribution in [2.45, 2.75) is 20.0 Å². The van der Waals surface area contributed by atoms with Crippen molar-refractivity contribution < 1.29 is 14.3 Å². The molecular formula is C18H19NO3. The van der Waals surface area contributed by atoms with Gasteiger partial charge in [-0.05, 0) is 43.2 Å². The molecule has 1 heterocycles. The Hall–Kier alpha value is -2.49. The number of ether oxygens (including phenoxy) is 2. The van der Waals surface area contributed by atoms with Crippen LogP contribution in [0.5, 0.6) is 11.5 Å². The number of hydrogen-bond acceptors (Lipinski definition) is 3. The van der Waals surface area contributed by atoms with Crippen LogP contribution in [-0.2, 0) is 0 Å². The van der Waals surface area contributed by atoms with Crippen LogP contribution in [0.2, 0.25) is 0 Å². The zero-order valence-electron chi connectivity index (χ0n) is 12.8. The van der Waals surface area contributed by atoms with E-state index in [4.69, 9.17) is 9.47 Å². The Balaban J connectivity index is 1.62. The van der Waals surface area contributed by atoms with Gasteiger partial charge in [0.2, 0.25) is 0 Å². The summed E-state index contributed by atoms with van der Waals surface area (Å²) in [7, 11) is 0. The van der Waals surface area contributed by atoms with Crippen LogP contribution in [0.3, 0.4) is 0 Å². The molecule has 1 aliphatic heterocycles. The number of hydrogen-bond donors (Lipinski definition) is 1. The molecule has 1 aliphatic rings. The molecule has 114 valence electrons. The second-order valence-corrected chi connectivity index (χ2v) is 5.46. The molecule has 0 bridgehead atoms. The van der Waals surface area contributed by atoms with Crippen molar-refractivity contribution in [1.29, 1.82) is 0 Å². The van der Waals surface area contributed by atoms with Crippen LogP contribution in [0.25, 0.3) is 0 Å². The first-order valence-corrected chi connectivity index (χ1v) is 7.38. The van der Waals surface area contributed by atoms with E-state index in [0.29, 0.717) is 18.7 Å². The topological polar surface area (TPSA) is 47.6 Å². The standard InChI is InChI=1S/C18H19NO3/c1-12-6-5-7-15(13(12)2)18(20)19-10-14-11-21-16-8-3-4-9-17(16)22-14/h3-9,14H,10-11H2,1-2H3,(H,19,20). The predicted molar refractivity (Wildman–Crippen MR) is 84.6 cm³/mol. The van der Waals surface area contributed by atoms with E-state index in [9.17, 15) is 4.79 Å². The van der Waals surface area contributed by atoms with Gasteiger partial charge < -0.3 is 14.8 Å². The summed E-state index contributed by atoms with van der Waals surface area (Å²) in [5, 5.41) is 2.92. The van der Waals surface area contributed by atoms with Crippen LogP contribution in [0.4, 0.5) is 0 Å². The Morgan fingerprint density at radius 1 is 1.14 bits per heavy atom. The third kappa shape index (κ3) is 2.91. The van der Waals surface area contributed by atoms with Crippen molar-refractivity contribution in [1.82, 2.24) is 5.32 Å². The van der Waals surface area contributed by atoms with E-state index in [1.54, 1.807) is 0 Å². The summed E-state index contributed by atoms with van der Waals surface area (Å²) in [5.41, 5.74) is 2.82. The number of amides is 1. The number of nitrogens with one attached hydrogen (secondary N) is 1.